The molecule has 5 nitrogen and oxygen atoms in total. The van der Waals surface area contributed by atoms with Gasteiger partial charge in [-0.25, -0.2) is 9.37 Å². The van der Waals surface area contributed by atoms with E-state index < -0.39 is 6.10 Å². The zero-order valence-electron chi connectivity index (χ0n) is 14.1. The number of halogens is 1. The largest absolute Gasteiger partial charge is 0.382 e. The van der Waals surface area contributed by atoms with Crippen molar-refractivity contribution in [3.63, 3.8) is 0 Å². The minimum Gasteiger partial charge on any atom is -0.382 e. The van der Waals surface area contributed by atoms with Crippen LogP contribution >= 0.6 is 0 Å². The van der Waals surface area contributed by atoms with Gasteiger partial charge >= 0.3 is 0 Å². The number of aromatic amines is 1. The molecule has 3 N–H and O–H groups in total. The second-order valence-corrected chi connectivity index (χ2v) is 6.13. The quantitative estimate of drug-likeness (QED) is 0.516. The van der Waals surface area contributed by atoms with Crippen molar-refractivity contribution in [2.75, 3.05) is 5.32 Å². The van der Waals surface area contributed by atoms with E-state index in [1.165, 1.54) is 12.1 Å². The predicted octanol–water partition coefficient (Wildman–Crippen LogP) is 4.23. The number of H-pyrrole nitrogens is 1. The van der Waals surface area contributed by atoms with E-state index in [0.29, 0.717) is 22.9 Å². The number of pyridine rings is 1. The SMILES string of the molecule is Cc1cc(Nc2nc([C@@H](O)c3ccc(F)cc3)cc3ccccc23)n[nH]1. The van der Waals surface area contributed by atoms with Gasteiger partial charge in [0, 0.05) is 17.1 Å². The number of aliphatic hydroxyl groups is 1. The van der Waals surface area contributed by atoms with E-state index in [9.17, 15) is 9.50 Å². The minimum atomic E-state index is -0.957. The first-order chi connectivity index (χ1) is 12.6. The van der Waals surface area contributed by atoms with Gasteiger partial charge in [0.15, 0.2) is 5.82 Å². The first-order valence-corrected chi connectivity index (χ1v) is 8.22. The molecule has 0 aliphatic rings. The molecule has 4 rings (SSSR count). The van der Waals surface area contributed by atoms with Crippen LogP contribution in [0.4, 0.5) is 16.0 Å². The van der Waals surface area contributed by atoms with Gasteiger partial charge in [0.05, 0.1) is 5.69 Å². The molecule has 0 saturated carbocycles. The number of aromatic nitrogens is 3. The van der Waals surface area contributed by atoms with Gasteiger partial charge in [-0.2, -0.15) is 5.10 Å². The van der Waals surface area contributed by atoms with Crippen molar-refractivity contribution < 1.29 is 9.50 Å². The van der Waals surface area contributed by atoms with Crippen LogP contribution in [0.2, 0.25) is 0 Å². The number of fused-ring (bicyclic) bond motifs is 1. The highest BCUT2D eigenvalue weighted by Gasteiger charge is 2.16. The van der Waals surface area contributed by atoms with Crippen molar-refractivity contribution in [2.45, 2.75) is 13.0 Å². The summed E-state index contributed by atoms with van der Waals surface area (Å²) in [6, 6.07) is 17.2. The highest BCUT2D eigenvalue weighted by Crippen LogP contribution is 2.29. The van der Waals surface area contributed by atoms with Crippen molar-refractivity contribution in [1.29, 1.82) is 0 Å². The second-order valence-electron chi connectivity index (χ2n) is 6.13. The highest BCUT2D eigenvalue weighted by molar-refractivity contribution is 5.93. The summed E-state index contributed by atoms with van der Waals surface area (Å²) in [5, 5.41) is 22.8. The summed E-state index contributed by atoms with van der Waals surface area (Å²) in [6.45, 7) is 1.92. The van der Waals surface area contributed by atoms with Crippen LogP contribution in [-0.4, -0.2) is 20.3 Å². The topological polar surface area (TPSA) is 73.8 Å². The number of hydrogen-bond acceptors (Lipinski definition) is 4. The van der Waals surface area contributed by atoms with Gasteiger partial charge in [0.1, 0.15) is 17.7 Å². The van der Waals surface area contributed by atoms with E-state index in [4.69, 9.17) is 0 Å². The van der Waals surface area contributed by atoms with E-state index in [-0.39, 0.29) is 5.82 Å². The third-order valence-electron chi connectivity index (χ3n) is 4.18. The Labute approximate surface area is 149 Å². The van der Waals surface area contributed by atoms with Gasteiger partial charge in [-0.15, -0.1) is 0 Å². The summed E-state index contributed by atoms with van der Waals surface area (Å²) in [6.07, 6.45) is -0.957. The molecule has 0 bridgehead atoms. The lowest BCUT2D eigenvalue weighted by Crippen LogP contribution is -2.05. The van der Waals surface area contributed by atoms with Crippen molar-refractivity contribution in [3.05, 3.63) is 83.4 Å². The van der Waals surface area contributed by atoms with E-state index in [1.807, 2.05) is 43.3 Å². The third kappa shape index (κ3) is 3.14. The van der Waals surface area contributed by atoms with Crippen molar-refractivity contribution in [1.82, 2.24) is 15.2 Å². The van der Waals surface area contributed by atoms with Crippen LogP contribution in [0.3, 0.4) is 0 Å². The molecule has 2 aromatic carbocycles. The Kier molecular flexibility index (Phi) is 4.10. The molecule has 26 heavy (non-hydrogen) atoms. The normalized spacial score (nSPS) is 12.3. The molecule has 0 aliphatic heterocycles. The summed E-state index contributed by atoms with van der Waals surface area (Å²) in [5.74, 6) is 0.906. The number of aliphatic hydroxyl groups excluding tert-OH is 1. The Hall–Kier alpha value is -3.25. The summed E-state index contributed by atoms with van der Waals surface area (Å²) < 4.78 is 13.2. The Morgan fingerprint density at radius 2 is 1.85 bits per heavy atom. The number of anilines is 2. The van der Waals surface area contributed by atoms with E-state index in [0.717, 1.165) is 16.5 Å². The van der Waals surface area contributed by atoms with Gasteiger partial charge in [-0.3, -0.25) is 5.10 Å². The van der Waals surface area contributed by atoms with E-state index in [1.54, 1.807) is 12.1 Å². The Morgan fingerprint density at radius 3 is 2.58 bits per heavy atom. The maximum absolute atomic E-state index is 13.2. The first-order valence-electron chi connectivity index (χ1n) is 8.22. The van der Waals surface area contributed by atoms with Crippen LogP contribution in [0.15, 0.2) is 60.7 Å². The molecule has 0 saturated heterocycles. The number of benzene rings is 2. The van der Waals surface area contributed by atoms with Gasteiger partial charge in [0.2, 0.25) is 0 Å². The van der Waals surface area contributed by atoms with Crippen LogP contribution < -0.4 is 5.32 Å². The van der Waals surface area contributed by atoms with Crippen LogP contribution in [-0.2, 0) is 0 Å². The molecule has 4 aromatic rings. The molecule has 130 valence electrons. The Bertz CT molecular complexity index is 1060. The zero-order valence-corrected chi connectivity index (χ0v) is 14.1. The summed E-state index contributed by atoms with van der Waals surface area (Å²) in [5.41, 5.74) is 1.99. The monoisotopic (exact) mass is 348 g/mol. The molecule has 1 atom stereocenters. The van der Waals surface area contributed by atoms with E-state index >= 15 is 0 Å². The average Bonchev–Trinajstić information content (AvgIpc) is 3.06. The summed E-state index contributed by atoms with van der Waals surface area (Å²) >= 11 is 0. The molecular weight excluding hydrogens is 331 g/mol. The fraction of sp³-hybridized carbons (Fsp3) is 0.100. The zero-order chi connectivity index (χ0) is 18.1. The molecule has 0 radical (unpaired) electrons. The minimum absolute atomic E-state index is 0.344. The first kappa shape index (κ1) is 16.2. The van der Waals surface area contributed by atoms with Crippen LogP contribution in [0.1, 0.15) is 23.1 Å². The van der Waals surface area contributed by atoms with E-state index in [2.05, 4.69) is 20.5 Å². The smallest absolute Gasteiger partial charge is 0.153 e. The number of aryl methyl sites for hydroxylation is 1. The fourth-order valence-electron chi connectivity index (χ4n) is 2.87. The molecule has 2 aromatic heterocycles. The number of rotatable bonds is 4. The molecule has 0 fully saturated rings. The average molecular weight is 348 g/mol. The fourth-order valence-corrected chi connectivity index (χ4v) is 2.87. The van der Waals surface area contributed by atoms with Crippen LogP contribution in [0.25, 0.3) is 10.8 Å². The van der Waals surface area contributed by atoms with Gasteiger partial charge in [-0.05, 0) is 36.1 Å². The lowest BCUT2D eigenvalue weighted by molar-refractivity contribution is 0.215. The molecular formula is C20H17FN4O. The van der Waals surface area contributed by atoms with Gasteiger partial charge in [0.25, 0.3) is 0 Å². The molecule has 0 amide bonds. The number of nitrogens with one attached hydrogen (secondary N) is 2. The van der Waals surface area contributed by atoms with Crippen LogP contribution in [0, 0.1) is 12.7 Å². The highest BCUT2D eigenvalue weighted by atomic mass is 19.1. The molecule has 6 heteroatoms. The summed E-state index contributed by atoms with van der Waals surface area (Å²) in [4.78, 5) is 4.60. The van der Waals surface area contributed by atoms with Crippen molar-refractivity contribution >= 4 is 22.4 Å². The van der Waals surface area contributed by atoms with Crippen molar-refractivity contribution in [3.8, 4) is 0 Å². The molecule has 0 spiro atoms. The number of nitrogens with zero attached hydrogens (tertiary/aromatic N) is 2. The number of hydrogen-bond donors (Lipinski definition) is 3. The summed E-state index contributed by atoms with van der Waals surface area (Å²) in [7, 11) is 0. The lowest BCUT2D eigenvalue weighted by Gasteiger charge is -2.14. The lowest BCUT2D eigenvalue weighted by atomic mass is 10.0. The Morgan fingerprint density at radius 1 is 1.08 bits per heavy atom. The molecule has 0 unspecified atom stereocenters. The van der Waals surface area contributed by atoms with Gasteiger partial charge < -0.3 is 10.4 Å². The molecule has 2 heterocycles. The van der Waals surface area contributed by atoms with Crippen molar-refractivity contribution in [2.24, 2.45) is 0 Å². The Balaban J connectivity index is 1.79. The second kappa shape index (κ2) is 6.57. The molecule has 0 aliphatic carbocycles. The predicted molar refractivity (Wildman–Crippen MR) is 98.8 cm³/mol. The van der Waals surface area contributed by atoms with Gasteiger partial charge in [-0.1, -0.05) is 36.4 Å². The maximum atomic E-state index is 13.2. The maximum Gasteiger partial charge on any atom is 0.153 e. The third-order valence-corrected chi connectivity index (χ3v) is 4.18. The van der Waals surface area contributed by atoms with Crippen LogP contribution in [0.5, 0.6) is 0 Å². The standard InChI is InChI=1S/C20H17FN4O/c1-12-10-18(25-24-12)23-20-16-5-3-2-4-14(16)11-17(22-20)19(26)13-6-8-15(21)9-7-13/h2-11,19,26H,1H3,(H2,22,23,24,25)/t19-/m0/s1.